The molecule has 3 nitrogen and oxygen atoms in total. The third-order valence-electron chi connectivity index (χ3n) is 3.09. The van der Waals surface area contributed by atoms with Crippen molar-refractivity contribution in [1.29, 1.82) is 0 Å². The molecule has 2 N–H and O–H groups in total. The molecule has 4 heteroatoms. The molecule has 1 unspecified atom stereocenters. The third-order valence-corrected chi connectivity index (χ3v) is 3.76. The van der Waals surface area contributed by atoms with Gasteiger partial charge in [-0.2, -0.15) is 0 Å². The Kier molecular flexibility index (Phi) is 5.39. The van der Waals surface area contributed by atoms with E-state index in [2.05, 4.69) is 48.3 Å². The molecule has 1 aromatic carbocycles. The van der Waals surface area contributed by atoms with Crippen molar-refractivity contribution < 1.29 is 4.79 Å². The van der Waals surface area contributed by atoms with Gasteiger partial charge in [0.05, 0.1) is 0 Å². The van der Waals surface area contributed by atoms with Gasteiger partial charge in [-0.1, -0.05) is 13.8 Å². The maximum Gasteiger partial charge on any atom is 0.249 e. The van der Waals surface area contributed by atoms with E-state index < -0.39 is 0 Å². The quantitative estimate of drug-likeness (QED) is 0.834. The number of hydrogen-bond acceptors (Lipinski definition) is 2. The SMILES string of the molecule is CCN(CC)C(C)c1cc(I)ccc1C(N)=O. The van der Waals surface area contributed by atoms with E-state index in [1.54, 1.807) is 0 Å². The summed E-state index contributed by atoms with van der Waals surface area (Å²) in [6.45, 7) is 8.28. The summed E-state index contributed by atoms with van der Waals surface area (Å²) < 4.78 is 1.13. The van der Waals surface area contributed by atoms with Crippen LogP contribution >= 0.6 is 22.6 Å². The van der Waals surface area contributed by atoms with Gasteiger partial charge in [-0.25, -0.2) is 0 Å². The van der Waals surface area contributed by atoms with Crippen LogP contribution in [0, 0.1) is 3.57 Å². The van der Waals surface area contributed by atoms with Crippen LogP contribution in [0.15, 0.2) is 18.2 Å². The number of carbonyl (C=O) groups excluding carboxylic acids is 1. The summed E-state index contributed by atoms with van der Waals surface area (Å²) in [5, 5.41) is 0. The molecule has 0 aromatic heterocycles. The predicted octanol–water partition coefficient (Wildman–Crippen LogP) is 2.79. The average molecular weight is 346 g/mol. The summed E-state index contributed by atoms with van der Waals surface area (Å²) in [4.78, 5) is 13.7. The Bertz CT molecular complexity index is 402. The van der Waals surface area contributed by atoms with Crippen molar-refractivity contribution in [2.75, 3.05) is 13.1 Å². The fraction of sp³-hybridized carbons (Fsp3) is 0.462. The maximum atomic E-state index is 11.4. The summed E-state index contributed by atoms with van der Waals surface area (Å²) in [6, 6.07) is 5.99. The number of carbonyl (C=O) groups is 1. The van der Waals surface area contributed by atoms with Crippen LogP contribution in [0.25, 0.3) is 0 Å². The van der Waals surface area contributed by atoms with E-state index in [1.807, 2.05) is 18.2 Å². The zero-order valence-corrected chi connectivity index (χ0v) is 12.7. The van der Waals surface area contributed by atoms with E-state index >= 15 is 0 Å². The first kappa shape index (κ1) is 14.4. The minimum absolute atomic E-state index is 0.210. The minimum Gasteiger partial charge on any atom is -0.366 e. The Morgan fingerprint density at radius 1 is 1.41 bits per heavy atom. The van der Waals surface area contributed by atoms with Crippen LogP contribution in [0.5, 0.6) is 0 Å². The molecule has 0 heterocycles. The lowest BCUT2D eigenvalue weighted by Crippen LogP contribution is -2.28. The highest BCUT2D eigenvalue weighted by atomic mass is 127. The van der Waals surface area contributed by atoms with Crippen molar-refractivity contribution in [2.45, 2.75) is 26.8 Å². The highest BCUT2D eigenvalue weighted by Gasteiger charge is 2.18. The van der Waals surface area contributed by atoms with Gasteiger partial charge in [-0.15, -0.1) is 0 Å². The summed E-state index contributed by atoms with van der Waals surface area (Å²) in [7, 11) is 0. The Balaban J connectivity index is 3.18. The Labute approximate surface area is 117 Å². The topological polar surface area (TPSA) is 46.3 Å². The molecule has 0 saturated heterocycles. The van der Waals surface area contributed by atoms with E-state index in [-0.39, 0.29) is 11.9 Å². The minimum atomic E-state index is -0.351. The van der Waals surface area contributed by atoms with Gasteiger partial charge in [-0.05, 0) is 66.4 Å². The third kappa shape index (κ3) is 3.42. The number of amides is 1. The van der Waals surface area contributed by atoms with Gasteiger partial charge in [0.2, 0.25) is 5.91 Å². The van der Waals surface area contributed by atoms with Gasteiger partial charge < -0.3 is 5.73 Å². The summed E-state index contributed by atoms with van der Waals surface area (Å²) in [5.74, 6) is -0.351. The number of primary amides is 1. The highest BCUT2D eigenvalue weighted by molar-refractivity contribution is 14.1. The van der Waals surface area contributed by atoms with Gasteiger partial charge in [0, 0.05) is 15.2 Å². The molecule has 0 aliphatic carbocycles. The van der Waals surface area contributed by atoms with Crippen LogP contribution in [0.4, 0.5) is 0 Å². The van der Waals surface area contributed by atoms with Gasteiger partial charge in [0.15, 0.2) is 0 Å². The second-order valence-corrected chi connectivity index (χ2v) is 5.24. The molecule has 94 valence electrons. The molecule has 1 amide bonds. The lowest BCUT2D eigenvalue weighted by atomic mass is 10.00. The van der Waals surface area contributed by atoms with Crippen molar-refractivity contribution in [3.8, 4) is 0 Å². The first-order valence-corrected chi connectivity index (χ1v) is 6.92. The summed E-state index contributed by atoms with van der Waals surface area (Å²) in [6.07, 6.45) is 0. The first-order chi connectivity index (χ1) is 8.01. The Hall–Kier alpha value is -0.620. The lowest BCUT2D eigenvalue weighted by Gasteiger charge is -2.28. The van der Waals surface area contributed by atoms with Gasteiger partial charge >= 0.3 is 0 Å². The summed E-state index contributed by atoms with van der Waals surface area (Å²) in [5.41, 5.74) is 7.08. The average Bonchev–Trinajstić information content (AvgIpc) is 2.29. The van der Waals surface area contributed by atoms with E-state index in [1.165, 1.54) is 0 Å². The normalized spacial score (nSPS) is 12.8. The van der Waals surface area contributed by atoms with E-state index in [0.717, 1.165) is 22.2 Å². The standard InChI is InChI=1S/C13H19IN2O/c1-4-16(5-2)9(3)12-8-10(14)6-7-11(12)13(15)17/h6-9H,4-5H2,1-3H3,(H2,15,17). The zero-order chi connectivity index (χ0) is 13.0. The Morgan fingerprint density at radius 2 is 2.00 bits per heavy atom. The molecule has 1 atom stereocenters. The van der Waals surface area contributed by atoms with Crippen molar-refractivity contribution in [2.24, 2.45) is 5.73 Å². The van der Waals surface area contributed by atoms with E-state index in [4.69, 9.17) is 5.73 Å². The molecule has 0 aliphatic heterocycles. The number of benzene rings is 1. The van der Waals surface area contributed by atoms with Crippen LogP contribution < -0.4 is 5.73 Å². The van der Waals surface area contributed by atoms with Crippen molar-refractivity contribution in [3.63, 3.8) is 0 Å². The number of rotatable bonds is 5. The molecule has 0 saturated carbocycles. The second kappa shape index (κ2) is 6.35. The first-order valence-electron chi connectivity index (χ1n) is 5.84. The molecule has 1 rings (SSSR count). The lowest BCUT2D eigenvalue weighted by molar-refractivity contribution is 0.0996. The summed E-state index contributed by atoms with van der Waals surface area (Å²) >= 11 is 2.26. The maximum absolute atomic E-state index is 11.4. The zero-order valence-electron chi connectivity index (χ0n) is 10.5. The van der Waals surface area contributed by atoms with Gasteiger partial charge in [0.1, 0.15) is 0 Å². The monoisotopic (exact) mass is 346 g/mol. The molecule has 0 fully saturated rings. The molecule has 0 aliphatic rings. The van der Waals surface area contributed by atoms with E-state index in [9.17, 15) is 4.79 Å². The van der Waals surface area contributed by atoms with Crippen molar-refractivity contribution in [3.05, 3.63) is 32.9 Å². The van der Waals surface area contributed by atoms with Crippen molar-refractivity contribution >= 4 is 28.5 Å². The molecule has 1 aromatic rings. The number of nitrogens with zero attached hydrogens (tertiary/aromatic N) is 1. The van der Waals surface area contributed by atoms with Crippen LogP contribution in [-0.2, 0) is 0 Å². The molecule has 0 spiro atoms. The molecular weight excluding hydrogens is 327 g/mol. The predicted molar refractivity (Wildman–Crippen MR) is 79.0 cm³/mol. The van der Waals surface area contributed by atoms with Crippen molar-refractivity contribution in [1.82, 2.24) is 4.90 Å². The highest BCUT2D eigenvalue weighted by Crippen LogP contribution is 2.25. The van der Waals surface area contributed by atoms with Gasteiger partial charge in [0.25, 0.3) is 0 Å². The molecule has 17 heavy (non-hydrogen) atoms. The van der Waals surface area contributed by atoms with Crippen LogP contribution in [0.1, 0.15) is 42.7 Å². The number of halogens is 1. The Morgan fingerprint density at radius 3 is 2.47 bits per heavy atom. The molecule has 0 radical (unpaired) electrons. The van der Waals surface area contributed by atoms with E-state index in [0.29, 0.717) is 5.56 Å². The fourth-order valence-electron chi connectivity index (χ4n) is 2.07. The molecule has 0 bridgehead atoms. The second-order valence-electron chi connectivity index (χ2n) is 3.99. The van der Waals surface area contributed by atoms with Crippen LogP contribution in [-0.4, -0.2) is 23.9 Å². The van der Waals surface area contributed by atoms with Gasteiger partial charge in [-0.3, -0.25) is 9.69 Å². The fourth-order valence-corrected chi connectivity index (χ4v) is 2.59. The number of hydrogen-bond donors (Lipinski definition) is 1. The molecular formula is C13H19IN2O. The number of nitrogens with two attached hydrogens (primary N) is 1. The van der Waals surface area contributed by atoms with Crippen LogP contribution in [0.3, 0.4) is 0 Å². The smallest absolute Gasteiger partial charge is 0.249 e. The van der Waals surface area contributed by atoms with Crippen LogP contribution in [0.2, 0.25) is 0 Å². The largest absolute Gasteiger partial charge is 0.366 e.